The summed E-state index contributed by atoms with van der Waals surface area (Å²) < 4.78 is 21.5. The van der Waals surface area contributed by atoms with Gasteiger partial charge in [-0.2, -0.15) is 10.1 Å². The monoisotopic (exact) mass is 442 g/mol. The number of rotatable bonds is 8. The molecule has 0 spiro atoms. The van der Waals surface area contributed by atoms with E-state index in [1.165, 1.54) is 20.4 Å². The molecule has 9 nitrogen and oxygen atoms in total. The molecule has 0 radical (unpaired) electrons. The van der Waals surface area contributed by atoms with Crippen LogP contribution in [0, 0.1) is 23.7 Å². The zero-order chi connectivity index (χ0) is 23.0. The quantitative estimate of drug-likeness (QED) is 0.263. The van der Waals surface area contributed by atoms with Gasteiger partial charge in [0.2, 0.25) is 5.75 Å². The number of nitrogens with zero attached hydrogens (tertiary/aromatic N) is 2. The number of hydrogen-bond acceptors (Lipinski definition) is 8. The number of ether oxygens (including phenoxy) is 4. The van der Waals surface area contributed by atoms with E-state index >= 15 is 0 Å². The Bertz CT molecular complexity index is 947. The van der Waals surface area contributed by atoms with E-state index in [0.717, 1.165) is 11.4 Å². The maximum absolute atomic E-state index is 12.8. The molecule has 1 aromatic rings. The Labute approximate surface area is 185 Å². The van der Waals surface area contributed by atoms with Crippen LogP contribution in [0.5, 0.6) is 17.2 Å². The van der Waals surface area contributed by atoms with Crippen LogP contribution in [-0.4, -0.2) is 55.9 Å². The van der Waals surface area contributed by atoms with E-state index in [9.17, 15) is 14.4 Å². The molecule has 1 saturated heterocycles. The van der Waals surface area contributed by atoms with Crippen LogP contribution in [0.1, 0.15) is 25.8 Å². The number of hydrogen-bond donors (Lipinski definition) is 0. The summed E-state index contributed by atoms with van der Waals surface area (Å²) in [4.78, 5) is 37.5. The summed E-state index contributed by atoms with van der Waals surface area (Å²) in [5, 5.41) is 5.16. The van der Waals surface area contributed by atoms with Gasteiger partial charge in [-0.1, -0.05) is 12.2 Å². The van der Waals surface area contributed by atoms with E-state index in [1.807, 2.05) is 12.2 Å². The summed E-state index contributed by atoms with van der Waals surface area (Å²) >= 11 is 0. The number of imide groups is 1. The SMILES string of the molecule is CCOC(=O)[C@H](C)Oc1c(OC)cc(C=NN2C(=O)[C@@H]3[C@H](C2=O)[C@H]2C=C[C@H]3C2)cc1OC. The van der Waals surface area contributed by atoms with Gasteiger partial charge in [-0.15, -0.1) is 0 Å². The highest BCUT2D eigenvalue weighted by molar-refractivity contribution is 6.06. The van der Waals surface area contributed by atoms with Crippen LogP contribution in [0.15, 0.2) is 29.4 Å². The zero-order valence-electron chi connectivity index (χ0n) is 18.4. The normalized spacial score (nSPS) is 26.6. The number of hydrazone groups is 1. The lowest BCUT2D eigenvalue weighted by Gasteiger charge is -2.18. The molecular formula is C23H26N2O7. The Hall–Kier alpha value is -3.36. The van der Waals surface area contributed by atoms with E-state index < -0.39 is 12.1 Å². The molecule has 170 valence electrons. The molecule has 9 heteroatoms. The number of fused-ring (bicyclic) bond motifs is 5. The van der Waals surface area contributed by atoms with E-state index in [0.29, 0.717) is 17.1 Å². The molecule has 1 saturated carbocycles. The van der Waals surface area contributed by atoms with Gasteiger partial charge in [-0.25, -0.2) is 4.79 Å². The van der Waals surface area contributed by atoms with Gasteiger partial charge in [0.1, 0.15) is 0 Å². The fourth-order valence-corrected chi connectivity index (χ4v) is 4.70. The molecule has 32 heavy (non-hydrogen) atoms. The van der Waals surface area contributed by atoms with Crippen molar-refractivity contribution in [1.82, 2.24) is 5.01 Å². The van der Waals surface area contributed by atoms with Gasteiger partial charge in [0, 0.05) is 5.56 Å². The van der Waals surface area contributed by atoms with Gasteiger partial charge in [-0.3, -0.25) is 9.59 Å². The molecular weight excluding hydrogens is 416 g/mol. The van der Waals surface area contributed by atoms with Crippen molar-refractivity contribution in [1.29, 1.82) is 0 Å². The summed E-state index contributed by atoms with van der Waals surface area (Å²) in [6.45, 7) is 3.52. The van der Waals surface area contributed by atoms with Crippen LogP contribution < -0.4 is 14.2 Å². The molecule has 2 bridgehead atoms. The van der Waals surface area contributed by atoms with Crippen molar-refractivity contribution < 1.29 is 33.3 Å². The highest BCUT2D eigenvalue weighted by atomic mass is 16.6. The summed E-state index contributed by atoms with van der Waals surface area (Å²) in [6, 6.07) is 3.24. The van der Waals surface area contributed by atoms with Crippen LogP contribution in [0.3, 0.4) is 0 Å². The van der Waals surface area contributed by atoms with E-state index in [-0.39, 0.29) is 47.8 Å². The number of benzene rings is 1. The Morgan fingerprint density at radius 3 is 2.19 bits per heavy atom. The molecule has 2 amide bonds. The van der Waals surface area contributed by atoms with Crippen molar-refractivity contribution >= 4 is 24.0 Å². The molecule has 1 aliphatic heterocycles. The van der Waals surface area contributed by atoms with Gasteiger partial charge in [0.15, 0.2) is 17.6 Å². The smallest absolute Gasteiger partial charge is 0.347 e. The second-order valence-corrected chi connectivity index (χ2v) is 8.00. The highest BCUT2D eigenvalue weighted by Crippen LogP contribution is 2.52. The Morgan fingerprint density at radius 1 is 1.12 bits per heavy atom. The molecule has 1 heterocycles. The van der Waals surface area contributed by atoms with Crippen LogP contribution >= 0.6 is 0 Å². The summed E-state index contributed by atoms with van der Waals surface area (Å²) in [5.41, 5.74) is 0.536. The molecule has 3 aliphatic rings. The topological polar surface area (TPSA) is 104 Å². The Morgan fingerprint density at radius 2 is 1.69 bits per heavy atom. The number of carbonyl (C=O) groups excluding carboxylic acids is 3. The Kier molecular flexibility index (Phi) is 5.90. The zero-order valence-corrected chi connectivity index (χ0v) is 18.4. The largest absolute Gasteiger partial charge is 0.493 e. The average molecular weight is 442 g/mol. The highest BCUT2D eigenvalue weighted by Gasteiger charge is 2.59. The maximum atomic E-state index is 12.8. The molecule has 2 fully saturated rings. The summed E-state index contributed by atoms with van der Waals surface area (Å²) in [5.74, 6) is -0.539. The van der Waals surface area contributed by atoms with Crippen molar-refractivity contribution in [2.75, 3.05) is 20.8 Å². The van der Waals surface area contributed by atoms with Gasteiger partial charge < -0.3 is 18.9 Å². The molecule has 2 aliphatic carbocycles. The number of carbonyl (C=O) groups is 3. The van der Waals surface area contributed by atoms with Gasteiger partial charge in [0.05, 0.1) is 38.9 Å². The Balaban J connectivity index is 1.56. The van der Waals surface area contributed by atoms with Crippen LogP contribution in [0.2, 0.25) is 0 Å². The van der Waals surface area contributed by atoms with E-state index in [1.54, 1.807) is 26.0 Å². The average Bonchev–Trinajstić information content (AvgIpc) is 3.47. The summed E-state index contributed by atoms with van der Waals surface area (Å²) in [7, 11) is 2.91. The molecule has 0 N–H and O–H groups in total. The lowest BCUT2D eigenvalue weighted by atomic mass is 9.85. The van der Waals surface area contributed by atoms with E-state index in [4.69, 9.17) is 18.9 Å². The number of methoxy groups -OCH3 is 2. The second kappa shape index (κ2) is 8.64. The van der Waals surface area contributed by atoms with Crippen molar-refractivity contribution in [3.63, 3.8) is 0 Å². The lowest BCUT2D eigenvalue weighted by Crippen LogP contribution is -2.28. The molecule has 0 aromatic heterocycles. The van der Waals surface area contributed by atoms with E-state index in [2.05, 4.69) is 5.10 Å². The first kappa shape index (κ1) is 21.9. The number of esters is 1. The number of amides is 2. The first-order chi connectivity index (χ1) is 15.4. The molecule has 0 unspecified atom stereocenters. The van der Waals surface area contributed by atoms with Crippen molar-refractivity contribution in [2.24, 2.45) is 28.8 Å². The maximum Gasteiger partial charge on any atom is 0.347 e. The van der Waals surface area contributed by atoms with Crippen LogP contribution in [-0.2, 0) is 19.1 Å². The fourth-order valence-electron chi connectivity index (χ4n) is 4.70. The number of allylic oxidation sites excluding steroid dienone is 2. The minimum Gasteiger partial charge on any atom is -0.493 e. The lowest BCUT2D eigenvalue weighted by molar-refractivity contribution is -0.150. The molecule has 1 aromatic carbocycles. The first-order valence-electron chi connectivity index (χ1n) is 10.6. The van der Waals surface area contributed by atoms with Crippen LogP contribution in [0.25, 0.3) is 0 Å². The third-order valence-corrected chi connectivity index (χ3v) is 6.17. The predicted molar refractivity (Wildman–Crippen MR) is 113 cm³/mol. The van der Waals surface area contributed by atoms with Crippen molar-refractivity contribution in [3.05, 3.63) is 29.8 Å². The fraction of sp³-hybridized carbons (Fsp3) is 0.478. The third-order valence-electron chi connectivity index (χ3n) is 6.17. The minimum atomic E-state index is -0.875. The van der Waals surface area contributed by atoms with Crippen molar-refractivity contribution in [3.8, 4) is 17.2 Å². The second-order valence-electron chi connectivity index (χ2n) is 8.00. The predicted octanol–water partition coefficient (Wildman–Crippen LogP) is 2.18. The van der Waals surface area contributed by atoms with Crippen LogP contribution in [0.4, 0.5) is 0 Å². The first-order valence-corrected chi connectivity index (χ1v) is 10.6. The molecule has 4 rings (SSSR count). The van der Waals surface area contributed by atoms with Gasteiger partial charge in [0.25, 0.3) is 11.8 Å². The molecule has 5 atom stereocenters. The van der Waals surface area contributed by atoms with Gasteiger partial charge >= 0.3 is 5.97 Å². The summed E-state index contributed by atoms with van der Waals surface area (Å²) in [6.07, 6.45) is 5.48. The van der Waals surface area contributed by atoms with Crippen molar-refractivity contribution in [2.45, 2.75) is 26.4 Å². The third kappa shape index (κ3) is 3.61. The standard InChI is InChI=1S/C23H26N2O7/c1-5-31-23(28)12(2)32-20-16(29-3)8-13(9-17(20)30-4)11-24-25-21(26)18-14-6-7-15(10-14)19(18)22(25)27/h6-9,11-12,14-15,18-19H,5,10H2,1-4H3/t12-,14-,15-,18-,19+/m0/s1. The van der Waals surface area contributed by atoms with Gasteiger partial charge in [-0.05, 0) is 44.2 Å². The minimum absolute atomic E-state index is 0.125.